The summed E-state index contributed by atoms with van der Waals surface area (Å²) in [7, 11) is -1.00. The average molecular weight is 1320 g/mol. The van der Waals surface area contributed by atoms with Crippen LogP contribution in [0.15, 0.2) is 98.1 Å². The van der Waals surface area contributed by atoms with Gasteiger partial charge in [0.1, 0.15) is 22.3 Å². The van der Waals surface area contributed by atoms with Gasteiger partial charge in [-0.15, -0.1) is 12.4 Å². The van der Waals surface area contributed by atoms with E-state index in [2.05, 4.69) is 30.2 Å². The Hall–Kier alpha value is -3.20. The molecule has 0 radical (unpaired) electrons. The molecule has 2 heterocycles. The number of hydrogen-bond donors (Lipinski definition) is 3. The van der Waals surface area contributed by atoms with Crippen molar-refractivity contribution in [3.05, 3.63) is 120 Å². The molecule has 0 aliphatic carbocycles. The summed E-state index contributed by atoms with van der Waals surface area (Å²) in [5.41, 5.74) is 0.0915. The maximum absolute atomic E-state index is 12.2. The van der Waals surface area contributed by atoms with Gasteiger partial charge in [0.2, 0.25) is 6.79 Å². The number of amides is 2. The summed E-state index contributed by atoms with van der Waals surface area (Å²) >= 11 is 5.26. The Morgan fingerprint density at radius 3 is 1.39 bits per heavy atom. The first-order valence-corrected chi connectivity index (χ1v) is 21.5. The molecular weight excluding hydrogens is 1260 g/mol. The smallest absolute Gasteiger partial charge is 1.00 e. The van der Waals surface area contributed by atoms with Crippen molar-refractivity contribution in [3.63, 3.8) is 0 Å². The molecule has 0 atom stereocenters. The molecule has 0 unspecified atom stereocenters. The van der Waals surface area contributed by atoms with E-state index in [4.69, 9.17) is 47.1 Å². The van der Waals surface area contributed by atoms with Crippen LogP contribution < -0.4 is 154 Å². The van der Waals surface area contributed by atoms with Crippen molar-refractivity contribution in [2.75, 3.05) is 20.0 Å². The van der Waals surface area contributed by atoms with Crippen molar-refractivity contribution >= 4 is 78.7 Å². The minimum absolute atomic E-state index is 0. The van der Waals surface area contributed by atoms with Gasteiger partial charge in [-0.05, 0) is 104 Å². The van der Waals surface area contributed by atoms with Crippen LogP contribution in [-0.2, 0) is 65.6 Å². The van der Waals surface area contributed by atoms with Crippen LogP contribution in [0.3, 0.4) is 0 Å². The summed E-state index contributed by atoms with van der Waals surface area (Å²) in [5, 5.41) is 21.8. The maximum atomic E-state index is 12.2. The molecule has 0 spiro atoms. The number of esters is 3. The van der Waals surface area contributed by atoms with E-state index in [-0.39, 0.29) is 164 Å². The number of halogens is 3. The Bertz CT molecular complexity index is 2320. The monoisotopic (exact) mass is 1320 g/mol. The van der Waals surface area contributed by atoms with Crippen molar-refractivity contribution in [2.45, 2.75) is 105 Å². The number of benzene rings is 2. The van der Waals surface area contributed by atoms with E-state index in [1.807, 2.05) is 70.1 Å². The summed E-state index contributed by atoms with van der Waals surface area (Å²) in [6.07, 6.45) is 14.9. The van der Waals surface area contributed by atoms with Crippen LogP contribution in [0.25, 0.3) is 12.2 Å². The first-order valence-electron chi connectivity index (χ1n) is 21.7. The predicted octanol–water partition coefficient (Wildman–Crippen LogP) is 0.913. The third-order valence-corrected chi connectivity index (χ3v) is 8.01. The molecule has 4 aromatic rings. The molecule has 0 aliphatic rings. The summed E-state index contributed by atoms with van der Waals surface area (Å²) in [6, 6.07) is 15.1. The second-order valence-corrected chi connectivity index (χ2v) is 17.4. The van der Waals surface area contributed by atoms with Crippen LogP contribution in [-0.4, -0.2) is 109 Å². The zero-order valence-corrected chi connectivity index (χ0v) is 57.8. The molecule has 2 aromatic heterocycles. The number of alkyl halides is 2. The summed E-state index contributed by atoms with van der Waals surface area (Å²) in [5.74, 6) is -2.99. The number of rotatable bonds is 16. The number of nitrogens with zero attached hydrogens (tertiary/aromatic N) is 4. The number of aromatic nitrogens is 4. The number of carboxylic acids is 1. The number of carboxylic acid groups (broad SMARTS) is 1. The summed E-state index contributed by atoms with van der Waals surface area (Å²) in [6.45, 7) is 17.0. The molecule has 3 N–H and O–H groups in total. The van der Waals surface area contributed by atoms with E-state index >= 15 is 0 Å². The van der Waals surface area contributed by atoms with Gasteiger partial charge >= 0.3 is 174 Å². The van der Waals surface area contributed by atoms with Crippen LogP contribution in [0.1, 0.15) is 94.3 Å². The van der Waals surface area contributed by atoms with Gasteiger partial charge in [0, 0.05) is 50.0 Å². The van der Waals surface area contributed by atoms with Crippen LogP contribution >= 0.6 is 24.0 Å². The number of alkyl carbamates (subject to hydrolysis) is 2. The second-order valence-electron chi connectivity index (χ2n) is 17.2. The zero-order chi connectivity index (χ0) is 55.0. The molecule has 0 saturated carbocycles. The third-order valence-electron chi connectivity index (χ3n) is 7.90. The minimum atomic E-state index is -1.36. The van der Waals surface area contributed by atoms with Gasteiger partial charge in [-0.2, -0.15) is 0 Å². The molecule has 21 nitrogen and oxygen atoms in total. The standard InChI is InChI=1S/C23H29N3O6.C13H12N2O2.C10H18ClNO4.CH3F.CH2O3.ClH.2Cs.H/c1-22(2,3)32-21(29)25-23(4,5)20(28)31-16-30-19(27)11-10-17-6-8-18(9-7-17)14-26-13-12-24-15-26;16-13(17)6-5-11-1-3-12(4-2-11)9-15-8-7-14-10-15;1-9(2,3)16-8(14)12-10(4,5)7(13)15-6-11;1-2;2-1-4-3;;;;/h6-13,15H,14,16H2,1-5H3,(H,25,29);1-8,10H,9H2,(H,16,17);6H2,1-5H3,(H,12,14);1H3;1,3H;1H;;;/q;;;;;;2*+1;-1/p-1/b11-10+;6-5+;;;;;;;/i;;;1D;;;;;. The summed E-state index contributed by atoms with van der Waals surface area (Å²) in [4.78, 5) is 88.2. The molecule has 0 saturated heterocycles. The van der Waals surface area contributed by atoms with Crippen molar-refractivity contribution in [1.82, 2.24) is 29.7 Å². The number of carbonyl (C=O) groups excluding carboxylic acids is 6. The van der Waals surface area contributed by atoms with Crippen molar-refractivity contribution in [1.29, 1.82) is 0 Å². The molecule has 0 aliphatic heterocycles. The van der Waals surface area contributed by atoms with E-state index in [0.29, 0.717) is 6.54 Å². The third kappa shape index (κ3) is 38.4. The van der Waals surface area contributed by atoms with Crippen molar-refractivity contribution in [2.24, 2.45) is 0 Å². The first-order chi connectivity index (χ1) is 33.6. The molecule has 2 amide bonds. The number of aliphatic carboxylic acids is 1. The van der Waals surface area contributed by atoms with Crippen molar-refractivity contribution < 1.29 is 217 Å². The van der Waals surface area contributed by atoms with E-state index in [1.54, 1.807) is 78.7 Å². The van der Waals surface area contributed by atoms with Crippen LogP contribution in [0.4, 0.5) is 14.0 Å². The molecular formula is C48H65Cl2Cs2FN6O15. The molecule has 2 aromatic carbocycles. The van der Waals surface area contributed by atoms with E-state index < -0.39 is 72.3 Å². The fraction of sp³-hybridized carbons (Fsp3) is 0.396. The Labute approximate surface area is 562 Å². The van der Waals surface area contributed by atoms with Crippen LogP contribution in [0.2, 0.25) is 0 Å². The fourth-order valence-corrected chi connectivity index (χ4v) is 4.90. The average Bonchev–Trinajstić information content (AvgIpc) is 4.00. The van der Waals surface area contributed by atoms with Gasteiger partial charge in [-0.1, -0.05) is 60.1 Å². The van der Waals surface area contributed by atoms with E-state index in [1.165, 1.54) is 33.8 Å². The maximum Gasteiger partial charge on any atom is 1.00 e. The topological polar surface area (TPSA) is 278 Å². The van der Waals surface area contributed by atoms with E-state index in [9.17, 15) is 33.2 Å². The van der Waals surface area contributed by atoms with Crippen LogP contribution in [0, 0.1) is 0 Å². The molecule has 0 bridgehead atoms. The van der Waals surface area contributed by atoms with Gasteiger partial charge in [0.25, 0.3) is 6.47 Å². The SMILES string of the molecule is CC(C)(C)OC(=O)NC(C)(C)C(=O)OCCl.CC(C)(C)OC(=O)NC(C)(C)C(=O)OCOC(=O)/C=C/c1ccc(Cn2ccnc2)cc1.Cl.O=C(O)/C=C/c1ccc(Cn2ccnc2)cc1.O=CO[O-].[2H]CF.[Cs+].[Cs+].[H-]. The fourth-order valence-electron chi connectivity index (χ4n) is 4.80. The van der Waals surface area contributed by atoms with E-state index in [0.717, 1.165) is 34.9 Å². The van der Waals surface area contributed by atoms with Gasteiger partial charge in [-0.3, -0.25) is 9.18 Å². The molecule has 26 heteroatoms. The summed E-state index contributed by atoms with van der Waals surface area (Å²) < 4.78 is 44.0. The molecule has 74 heavy (non-hydrogen) atoms. The minimum Gasteiger partial charge on any atom is -1.00 e. The van der Waals surface area contributed by atoms with Gasteiger partial charge in [0.15, 0.2) is 6.07 Å². The van der Waals surface area contributed by atoms with Crippen LogP contribution in [0.5, 0.6) is 0 Å². The largest absolute Gasteiger partial charge is 1.00 e. The van der Waals surface area contributed by atoms with Gasteiger partial charge in [-0.25, -0.2) is 38.7 Å². The molecule has 400 valence electrons. The Balaban J connectivity index is -0.000000325. The molecule has 4 rings (SSSR count). The second kappa shape index (κ2) is 41.0. The number of ether oxygens (including phenoxy) is 5. The number of hydrogen-bond acceptors (Lipinski definition) is 16. The zero-order valence-electron chi connectivity index (χ0n) is 45.6. The van der Waals surface area contributed by atoms with Gasteiger partial charge < -0.3 is 60.1 Å². The van der Waals surface area contributed by atoms with Gasteiger partial charge in [0.05, 0.1) is 21.2 Å². The Morgan fingerprint density at radius 1 is 0.716 bits per heavy atom. The first kappa shape index (κ1) is 75.0. The number of nitrogens with one attached hydrogen (secondary N) is 2. The normalized spacial score (nSPS) is 10.7. The predicted molar refractivity (Wildman–Crippen MR) is 265 cm³/mol. The van der Waals surface area contributed by atoms with Crippen molar-refractivity contribution in [3.8, 4) is 0 Å². The quantitative estimate of drug-likeness (QED) is 0.0206. The molecule has 0 fully saturated rings. The Morgan fingerprint density at radius 2 is 1.08 bits per heavy atom. The number of imidazole rings is 2. The Kier molecular flexibility index (Phi) is 41.6. The number of carbonyl (C=O) groups is 7.